The first-order valence-electron chi connectivity index (χ1n) is 13.1. The SMILES string of the molecule is CC(C)CCC[C@@H](C)[C@H]1CC[C@H]2[C@@H]3CCC4=C/C(=N\O)C(C)C[C@]4(C)[C@H]3CC[C@]12C. The van der Waals surface area contributed by atoms with E-state index in [2.05, 4.69) is 52.8 Å². The van der Waals surface area contributed by atoms with Gasteiger partial charge in [0, 0.05) is 5.92 Å². The zero-order valence-electron chi connectivity index (χ0n) is 20.6. The number of nitrogens with zero attached hydrogens (tertiary/aromatic N) is 1. The molecule has 0 radical (unpaired) electrons. The van der Waals surface area contributed by atoms with Gasteiger partial charge in [0.15, 0.2) is 0 Å². The topological polar surface area (TPSA) is 32.6 Å². The first-order chi connectivity index (χ1) is 14.2. The number of rotatable bonds is 5. The molecule has 4 rings (SSSR count). The van der Waals surface area contributed by atoms with Crippen molar-refractivity contribution in [3.05, 3.63) is 11.6 Å². The molecule has 0 bridgehead atoms. The molecule has 0 aromatic rings. The molecule has 1 unspecified atom stereocenters. The average molecular weight is 414 g/mol. The van der Waals surface area contributed by atoms with E-state index < -0.39 is 0 Å². The van der Waals surface area contributed by atoms with Crippen LogP contribution in [-0.4, -0.2) is 10.9 Å². The molecule has 0 amide bonds. The lowest BCUT2D eigenvalue weighted by atomic mass is 9.46. The number of hydrogen-bond acceptors (Lipinski definition) is 2. The van der Waals surface area contributed by atoms with Crippen LogP contribution < -0.4 is 0 Å². The summed E-state index contributed by atoms with van der Waals surface area (Å²) in [5, 5.41) is 13.1. The summed E-state index contributed by atoms with van der Waals surface area (Å²) in [7, 11) is 0. The van der Waals surface area contributed by atoms with E-state index in [-0.39, 0.29) is 0 Å². The van der Waals surface area contributed by atoms with Gasteiger partial charge in [0.1, 0.15) is 0 Å². The van der Waals surface area contributed by atoms with E-state index in [1.54, 1.807) is 5.57 Å². The van der Waals surface area contributed by atoms with Gasteiger partial charge < -0.3 is 5.21 Å². The molecule has 0 saturated heterocycles. The Morgan fingerprint density at radius 3 is 2.53 bits per heavy atom. The minimum Gasteiger partial charge on any atom is -0.411 e. The van der Waals surface area contributed by atoms with Crippen LogP contribution in [0.15, 0.2) is 16.8 Å². The Morgan fingerprint density at radius 2 is 1.83 bits per heavy atom. The van der Waals surface area contributed by atoms with Crippen LogP contribution in [0.3, 0.4) is 0 Å². The van der Waals surface area contributed by atoms with Crippen molar-refractivity contribution in [2.45, 2.75) is 106 Å². The molecule has 4 aliphatic carbocycles. The van der Waals surface area contributed by atoms with Gasteiger partial charge in [-0.1, -0.05) is 71.5 Å². The van der Waals surface area contributed by atoms with E-state index in [1.165, 1.54) is 64.2 Å². The molecular formula is C28H47NO. The highest BCUT2D eigenvalue weighted by molar-refractivity contribution is 5.98. The van der Waals surface area contributed by atoms with Crippen molar-refractivity contribution in [1.82, 2.24) is 0 Å². The van der Waals surface area contributed by atoms with Crippen molar-refractivity contribution >= 4 is 5.71 Å². The van der Waals surface area contributed by atoms with E-state index in [0.717, 1.165) is 41.2 Å². The lowest BCUT2D eigenvalue weighted by molar-refractivity contribution is -0.0597. The van der Waals surface area contributed by atoms with Crippen molar-refractivity contribution in [2.75, 3.05) is 0 Å². The van der Waals surface area contributed by atoms with Crippen LogP contribution >= 0.6 is 0 Å². The molecule has 2 heteroatoms. The minimum absolute atomic E-state index is 0.332. The average Bonchev–Trinajstić information content (AvgIpc) is 3.04. The predicted molar refractivity (Wildman–Crippen MR) is 127 cm³/mol. The third-order valence-corrected chi connectivity index (χ3v) is 10.6. The standard InChI is InChI=1S/C28H47NO/c1-18(2)8-7-9-19(3)23-12-13-24-22-11-10-21-16-26(29-30)20(4)17-28(21,6)25(22)14-15-27(23,24)5/h16,18-20,22-25,30H,7-15,17H2,1-6H3/b29-26+/t19-,20?,22+,23-,24+,25+,27-,28+/m1/s1. The summed E-state index contributed by atoms with van der Waals surface area (Å²) in [6.07, 6.45) is 16.1. The Balaban J connectivity index is 1.51. The summed E-state index contributed by atoms with van der Waals surface area (Å²) in [4.78, 5) is 0. The smallest absolute Gasteiger partial charge is 0.0823 e. The van der Waals surface area contributed by atoms with Crippen LogP contribution in [0, 0.1) is 52.3 Å². The van der Waals surface area contributed by atoms with Crippen LogP contribution in [0.4, 0.5) is 0 Å². The fourth-order valence-corrected chi connectivity index (χ4v) is 9.06. The fraction of sp³-hybridized carbons (Fsp3) is 0.893. The van der Waals surface area contributed by atoms with Crippen molar-refractivity contribution in [3.63, 3.8) is 0 Å². The number of allylic oxidation sites excluding steroid dienone is 2. The predicted octanol–water partition coefficient (Wildman–Crippen LogP) is 8.10. The maximum Gasteiger partial charge on any atom is 0.0823 e. The second kappa shape index (κ2) is 8.28. The largest absolute Gasteiger partial charge is 0.411 e. The molecule has 3 saturated carbocycles. The van der Waals surface area contributed by atoms with Gasteiger partial charge in [0.2, 0.25) is 0 Å². The van der Waals surface area contributed by atoms with Crippen molar-refractivity contribution in [1.29, 1.82) is 0 Å². The van der Waals surface area contributed by atoms with Gasteiger partial charge in [0.05, 0.1) is 5.71 Å². The summed E-state index contributed by atoms with van der Waals surface area (Å²) in [5.41, 5.74) is 3.42. The summed E-state index contributed by atoms with van der Waals surface area (Å²) >= 11 is 0. The van der Waals surface area contributed by atoms with Crippen LogP contribution in [-0.2, 0) is 0 Å². The third kappa shape index (κ3) is 3.58. The highest BCUT2D eigenvalue weighted by Gasteiger charge is 2.59. The maximum atomic E-state index is 9.44. The molecule has 0 aromatic heterocycles. The zero-order valence-corrected chi connectivity index (χ0v) is 20.6. The second-order valence-corrected chi connectivity index (χ2v) is 12.7. The summed E-state index contributed by atoms with van der Waals surface area (Å²) in [6.45, 7) is 14.8. The van der Waals surface area contributed by atoms with Crippen molar-refractivity contribution in [3.8, 4) is 0 Å². The first-order valence-corrected chi connectivity index (χ1v) is 13.1. The second-order valence-electron chi connectivity index (χ2n) is 12.7. The third-order valence-electron chi connectivity index (χ3n) is 10.6. The van der Waals surface area contributed by atoms with Gasteiger partial charge in [-0.2, -0.15) is 0 Å². The van der Waals surface area contributed by atoms with Crippen molar-refractivity contribution < 1.29 is 5.21 Å². The summed E-state index contributed by atoms with van der Waals surface area (Å²) in [6, 6.07) is 0. The quantitative estimate of drug-likeness (QED) is 0.358. The van der Waals surface area contributed by atoms with Crippen LogP contribution in [0.5, 0.6) is 0 Å². The Hall–Kier alpha value is -0.790. The zero-order chi connectivity index (χ0) is 21.7. The van der Waals surface area contributed by atoms with E-state index in [0.29, 0.717) is 16.7 Å². The normalized spacial score (nSPS) is 45.6. The van der Waals surface area contributed by atoms with E-state index in [4.69, 9.17) is 0 Å². The maximum absolute atomic E-state index is 9.44. The highest BCUT2D eigenvalue weighted by Crippen LogP contribution is 2.68. The molecule has 0 spiro atoms. The molecular weight excluding hydrogens is 366 g/mol. The number of hydrogen-bond donors (Lipinski definition) is 1. The number of oxime groups is 1. The van der Waals surface area contributed by atoms with Gasteiger partial charge in [-0.05, 0) is 97.4 Å². The molecule has 1 N–H and O–H groups in total. The van der Waals surface area contributed by atoms with Crippen LogP contribution in [0.2, 0.25) is 0 Å². The molecule has 0 aliphatic heterocycles. The summed E-state index contributed by atoms with van der Waals surface area (Å²) < 4.78 is 0. The Kier molecular flexibility index (Phi) is 6.19. The molecule has 8 atom stereocenters. The van der Waals surface area contributed by atoms with Gasteiger partial charge in [-0.15, -0.1) is 0 Å². The van der Waals surface area contributed by atoms with Crippen molar-refractivity contribution in [2.24, 2.45) is 57.4 Å². The van der Waals surface area contributed by atoms with E-state index in [1.807, 2.05) is 0 Å². The lowest BCUT2D eigenvalue weighted by Gasteiger charge is -2.59. The molecule has 30 heavy (non-hydrogen) atoms. The monoisotopic (exact) mass is 413 g/mol. The Bertz CT molecular complexity index is 693. The molecule has 0 aromatic carbocycles. The fourth-order valence-electron chi connectivity index (χ4n) is 9.06. The first kappa shape index (κ1) is 22.4. The molecule has 0 heterocycles. The van der Waals surface area contributed by atoms with Crippen LogP contribution in [0.25, 0.3) is 0 Å². The molecule has 170 valence electrons. The van der Waals surface area contributed by atoms with Gasteiger partial charge >= 0.3 is 0 Å². The van der Waals surface area contributed by atoms with Gasteiger partial charge in [0.25, 0.3) is 0 Å². The van der Waals surface area contributed by atoms with Gasteiger partial charge in [-0.25, -0.2) is 0 Å². The Morgan fingerprint density at radius 1 is 1.07 bits per heavy atom. The van der Waals surface area contributed by atoms with Gasteiger partial charge in [-0.3, -0.25) is 0 Å². The number of fused-ring (bicyclic) bond motifs is 5. The Labute approximate surface area is 186 Å². The molecule has 3 fully saturated rings. The van der Waals surface area contributed by atoms with Crippen LogP contribution in [0.1, 0.15) is 106 Å². The minimum atomic E-state index is 0.332. The highest BCUT2D eigenvalue weighted by atomic mass is 16.4. The molecule has 4 aliphatic rings. The summed E-state index contributed by atoms with van der Waals surface area (Å²) in [5.74, 6) is 5.76. The van der Waals surface area contributed by atoms with E-state index in [9.17, 15) is 5.21 Å². The van der Waals surface area contributed by atoms with E-state index >= 15 is 0 Å². The lowest BCUT2D eigenvalue weighted by Crippen LogP contribution is -2.51. The molecule has 2 nitrogen and oxygen atoms in total.